The molecule has 2 atom stereocenters. The minimum absolute atomic E-state index is 0.0505. The minimum Gasteiger partial charge on any atom is -0.481 e. The van der Waals surface area contributed by atoms with Gasteiger partial charge in [-0.25, -0.2) is 4.39 Å². The van der Waals surface area contributed by atoms with Gasteiger partial charge in [-0.2, -0.15) is 0 Å². The number of nitrogens with one attached hydrogen (secondary N) is 1. The highest BCUT2D eigenvalue weighted by Crippen LogP contribution is 2.47. The maximum atomic E-state index is 12.8. The van der Waals surface area contributed by atoms with Gasteiger partial charge in [-0.1, -0.05) is 12.1 Å². The Morgan fingerprint density at radius 2 is 1.95 bits per heavy atom. The third kappa shape index (κ3) is 3.80. The van der Waals surface area contributed by atoms with E-state index < -0.39 is 11.4 Å². The Morgan fingerprint density at radius 3 is 2.52 bits per heavy atom. The molecule has 0 heterocycles. The van der Waals surface area contributed by atoms with Crippen LogP contribution in [0.25, 0.3) is 0 Å². The van der Waals surface area contributed by atoms with E-state index in [2.05, 4.69) is 5.32 Å². The topological polar surface area (TPSA) is 66.4 Å². The summed E-state index contributed by atoms with van der Waals surface area (Å²) in [6.45, 7) is 3.63. The molecule has 2 rings (SSSR count). The second-order valence-corrected chi connectivity index (χ2v) is 6.23. The Labute approximate surface area is 123 Å². The number of aliphatic carboxylic acids is 1. The van der Waals surface area contributed by atoms with Gasteiger partial charge in [0.05, 0.1) is 5.41 Å². The molecule has 2 unspecified atom stereocenters. The van der Waals surface area contributed by atoms with Gasteiger partial charge in [-0.05, 0) is 50.3 Å². The number of rotatable bonds is 6. The fourth-order valence-corrected chi connectivity index (χ4v) is 2.30. The molecule has 0 spiro atoms. The van der Waals surface area contributed by atoms with E-state index in [-0.39, 0.29) is 23.6 Å². The molecule has 0 aromatic heterocycles. The van der Waals surface area contributed by atoms with Gasteiger partial charge in [0.1, 0.15) is 5.82 Å². The van der Waals surface area contributed by atoms with E-state index in [1.807, 2.05) is 0 Å². The Hall–Kier alpha value is -1.91. The molecule has 0 aliphatic heterocycles. The number of carbonyl (C=O) groups is 2. The third-order valence-electron chi connectivity index (χ3n) is 4.05. The quantitative estimate of drug-likeness (QED) is 0.847. The molecule has 2 N–H and O–H groups in total. The molecular formula is C16H20FNO3. The summed E-state index contributed by atoms with van der Waals surface area (Å²) in [4.78, 5) is 22.9. The van der Waals surface area contributed by atoms with Crippen LogP contribution in [0.15, 0.2) is 24.3 Å². The number of carbonyl (C=O) groups excluding carboxylic acids is 1. The zero-order valence-electron chi connectivity index (χ0n) is 12.2. The number of carboxylic acid groups (broad SMARTS) is 1. The number of amides is 1. The summed E-state index contributed by atoms with van der Waals surface area (Å²) in [6.07, 6.45) is 1.15. The van der Waals surface area contributed by atoms with Crippen molar-refractivity contribution in [2.45, 2.75) is 32.6 Å². The Bertz CT molecular complexity index is 539. The van der Waals surface area contributed by atoms with Gasteiger partial charge >= 0.3 is 5.97 Å². The molecule has 5 heteroatoms. The third-order valence-corrected chi connectivity index (χ3v) is 4.05. The van der Waals surface area contributed by atoms with Gasteiger partial charge in [0.25, 0.3) is 0 Å². The molecule has 4 nitrogen and oxygen atoms in total. The van der Waals surface area contributed by atoms with Gasteiger partial charge in [-0.15, -0.1) is 0 Å². The molecule has 1 aliphatic rings. The lowest BCUT2D eigenvalue weighted by Crippen LogP contribution is -2.32. The Kier molecular flexibility index (Phi) is 4.30. The zero-order chi connectivity index (χ0) is 15.6. The SMILES string of the molecule is CC(C)(CCNC(=O)C1CC1c1ccc(F)cc1)C(=O)O. The predicted molar refractivity (Wildman–Crippen MR) is 76.3 cm³/mol. The number of hydrogen-bond acceptors (Lipinski definition) is 2. The summed E-state index contributed by atoms with van der Waals surface area (Å²) in [7, 11) is 0. The van der Waals surface area contributed by atoms with Gasteiger partial charge in [-0.3, -0.25) is 9.59 Å². The number of hydrogen-bond donors (Lipinski definition) is 2. The van der Waals surface area contributed by atoms with Gasteiger partial charge in [0, 0.05) is 12.5 Å². The molecule has 1 fully saturated rings. The minimum atomic E-state index is -0.868. The first-order valence-corrected chi connectivity index (χ1v) is 7.08. The second kappa shape index (κ2) is 5.84. The first-order valence-electron chi connectivity index (χ1n) is 7.08. The number of halogens is 1. The van der Waals surface area contributed by atoms with Crippen LogP contribution >= 0.6 is 0 Å². The van der Waals surface area contributed by atoms with Crippen molar-refractivity contribution >= 4 is 11.9 Å². The summed E-state index contributed by atoms with van der Waals surface area (Å²) in [5.74, 6) is -1.13. The van der Waals surface area contributed by atoms with Crippen molar-refractivity contribution in [1.29, 1.82) is 0 Å². The molecule has 1 aromatic carbocycles. The summed E-state index contributed by atoms with van der Waals surface area (Å²) < 4.78 is 12.8. The summed E-state index contributed by atoms with van der Waals surface area (Å²) in [5, 5.41) is 11.8. The average Bonchev–Trinajstić information content (AvgIpc) is 3.19. The first-order chi connectivity index (χ1) is 9.81. The monoisotopic (exact) mass is 293 g/mol. The van der Waals surface area contributed by atoms with E-state index in [9.17, 15) is 14.0 Å². The van der Waals surface area contributed by atoms with Crippen LogP contribution in [0.4, 0.5) is 4.39 Å². The molecular weight excluding hydrogens is 273 g/mol. The highest BCUT2D eigenvalue weighted by molar-refractivity contribution is 5.83. The molecule has 0 radical (unpaired) electrons. The van der Waals surface area contributed by atoms with Gasteiger partial charge in [0.15, 0.2) is 0 Å². The maximum absolute atomic E-state index is 12.8. The van der Waals surface area contributed by atoms with Crippen molar-refractivity contribution in [3.63, 3.8) is 0 Å². The second-order valence-electron chi connectivity index (χ2n) is 6.23. The number of benzene rings is 1. The van der Waals surface area contributed by atoms with Crippen molar-refractivity contribution in [2.24, 2.45) is 11.3 Å². The maximum Gasteiger partial charge on any atom is 0.309 e. The van der Waals surface area contributed by atoms with E-state index in [4.69, 9.17) is 5.11 Å². The van der Waals surface area contributed by atoms with Gasteiger partial charge in [0.2, 0.25) is 5.91 Å². The molecule has 0 bridgehead atoms. The van der Waals surface area contributed by atoms with Crippen LogP contribution in [0, 0.1) is 17.2 Å². The fraction of sp³-hybridized carbons (Fsp3) is 0.500. The van der Waals surface area contributed by atoms with Crippen LogP contribution in [0.2, 0.25) is 0 Å². The Balaban J connectivity index is 1.79. The molecule has 1 aromatic rings. The summed E-state index contributed by atoms with van der Waals surface area (Å²) >= 11 is 0. The Morgan fingerprint density at radius 1 is 1.33 bits per heavy atom. The van der Waals surface area contributed by atoms with Crippen molar-refractivity contribution in [3.8, 4) is 0 Å². The van der Waals surface area contributed by atoms with E-state index in [1.165, 1.54) is 12.1 Å². The summed E-state index contributed by atoms with van der Waals surface area (Å²) in [5.41, 5.74) is 0.134. The molecule has 21 heavy (non-hydrogen) atoms. The van der Waals surface area contributed by atoms with E-state index >= 15 is 0 Å². The van der Waals surface area contributed by atoms with Crippen LogP contribution in [0.1, 0.15) is 38.2 Å². The lowest BCUT2D eigenvalue weighted by Gasteiger charge is -2.18. The van der Waals surface area contributed by atoms with E-state index in [1.54, 1.807) is 26.0 Å². The van der Waals surface area contributed by atoms with Crippen molar-refractivity contribution in [3.05, 3.63) is 35.6 Å². The standard InChI is InChI=1S/C16H20FNO3/c1-16(2,15(20)21)7-8-18-14(19)13-9-12(13)10-3-5-11(17)6-4-10/h3-6,12-13H,7-9H2,1-2H3,(H,18,19)(H,20,21). The number of carboxylic acids is 1. The normalized spacial score (nSPS) is 20.9. The highest BCUT2D eigenvalue weighted by Gasteiger charge is 2.43. The van der Waals surface area contributed by atoms with Gasteiger partial charge < -0.3 is 10.4 Å². The fourth-order valence-electron chi connectivity index (χ4n) is 2.30. The first kappa shape index (κ1) is 15.5. The van der Waals surface area contributed by atoms with E-state index in [0.717, 1.165) is 12.0 Å². The van der Waals surface area contributed by atoms with Crippen molar-refractivity contribution < 1.29 is 19.1 Å². The smallest absolute Gasteiger partial charge is 0.309 e. The van der Waals surface area contributed by atoms with Crippen LogP contribution in [-0.2, 0) is 9.59 Å². The largest absolute Gasteiger partial charge is 0.481 e. The molecule has 1 aliphatic carbocycles. The molecule has 114 valence electrons. The van der Waals surface area contributed by atoms with Crippen molar-refractivity contribution in [1.82, 2.24) is 5.32 Å². The predicted octanol–water partition coefficient (Wildman–Crippen LogP) is 2.55. The zero-order valence-corrected chi connectivity index (χ0v) is 12.2. The highest BCUT2D eigenvalue weighted by atomic mass is 19.1. The molecule has 1 saturated carbocycles. The van der Waals surface area contributed by atoms with Crippen LogP contribution < -0.4 is 5.32 Å². The lowest BCUT2D eigenvalue weighted by atomic mass is 9.90. The lowest BCUT2D eigenvalue weighted by molar-refractivity contribution is -0.147. The van der Waals surface area contributed by atoms with Crippen molar-refractivity contribution in [2.75, 3.05) is 6.54 Å². The summed E-state index contributed by atoms with van der Waals surface area (Å²) in [6, 6.07) is 6.22. The van der Waals surface area contributed by atoms with Crippen LogP contribution in [0.5, 0.6) is 0 Å². The van der Waals surface area contributed by atoms with Crippen LogP contribution in [-0.4, -0.2) is 23.5 Å². The average molecular weight is 293 g/mol. The van der Waals surface area contributed by atoms with E-state index in [0.29, 0.717) is 13.0 Å². The molecule has 0 saturated heterocycles. The molecule has 1 amide bonds. The van der Waals surface area contributed by atoms with Crippen LogP contribution in [0.3, 0.4) is 0 Å².